The number of nitrogen functional groups attached to an aromatic ring is 1. The maximum atomic E-state index is 10.5. The van der Waals surface area contributed by atoms with Crippen LogP contribution in [0.1, 0.15) is 5.56 Å². The molecule has 0 aliphatic heterocycles. The van der Waals surface area contributed by atoms with Gasteiger partial charge in [0.05, 0.1) is 4.92 Å². The molecule has 0 aromatic heterocycles. The third-order valence-corrected chi connectivity index (χ3v) is 2.30. The lowest BCUT2D eigenvalue weighted by molar-refractivity contribution is -0.385. The zero-order valence-corrected chi connectivity index (χ0v) is 8.04. The molecule has 0 aliphatic carbocycles. The van der Waals surface area contributed by atoms with Gasteiger partial charge in [-0.2, -0.15) is 0 Å². The number of benzene rings is 1. The highest BCUT2D eigenvalue weighted by atomic mass is 79.9. The van der Waals surface area contributed by atoms with Gasteiger partial charge in [0.2, 0.25) is 0 Å². The molecule has 1 rings (SSSR count). The molecular weight excluding hydrogens is 238 g/mol. The van der Waals surface area contributed by atoms with Gasteiger partial charge in [0.15, 0.2) is 0 Å². The number of nitrogens with zero attached hydrogens (tertiary/aromatic N) is 1. The predicted octanol–water partition coefficient (Wildman–Crippen LogP) is 1.64. The molecule has 0 bridgehead atoms. The highest BCUT2D eigenvalue weighted by Crippen LogP contribution is 2.27. The quantitative estimate of drug-likeness (QED) is 0.358. The number of hydrogen-bond donors (Lipinski definition) is 2. The van der Waals surface area contributed by atoms with Gasteiger partial charge < -0.3 is 5.73 Å². The Morgan fingerprint density at radius 2 is 2.23 bits per heavy atom. The fourth-order valence-corrected chi connectivity index (χ4v) is 1.49. The van der Waals surface area contributed by atoms with E-state index in [1.807, 2.05) is 0 Å². The van der Waals surface area contributed by atoms with E-state index >= 15 is 0 Å². The second-order valence-electron chi connectivity index (χ2n) is 2.31. The molecule has 0 saturated carbocycles. The van der Waals surface area contributed by atoms with E-state index in [0.29, 0.717) is 5.56 Å². The van der Waals surface area contributed by atoms with Crippen LogP contribution < -0.4 is 5.73 Å². The normalized spacial score (nSPS) is 9.62. The van der Waals surface area contributed by atoms with Crippen LogP contribution in [0, 0.1) is 15.5 Å². The molecule has 0 spiro atoms. The van der Waals surface area contributed by atoms with Crippen LogP contribution in [0.25, 0.3) is 0 Å². The van der Waals surface area contributed by atoms with Crippen LogP contribution in [0.3, 0.4) is 0 Å². The van der Waals surface area contributed by atoms with Gasteiger partial charge in [-0.3, -0.25) is 15.5 Å². The molecule has 0 aliphatic rings. The SMILES string of the molecule is N=C(N)c1cccc([N+](=O)[O-])c1Br. The zero-order valence-electron chi connectivity index (χ0n) is 6.45. The number of halogens is 1. The fraction of sp³-hybridized carbons (Fsp3) is 0. The second-order valence-corrected chi connectivity index (χ2v) is 3.10. The van der Waals surface area contributed by atoms with E-state index in [0.717, 1.165) is 0 Å². The zero-order chi connectivity index (χ0) is 10.0. The smallest absolute Gasteiger partial charge is 0.284 e. The van der Waals surface area contributed by atoms with E-state index in [2.05, 4.69) is 15.9 Å². The van der Waals surface area contributed by atoms with Gasteiger partial charge in [-0.25, -0.2) is 0 Å². The molecule has 0 radical (unpaired) electrons. The number of hydrogen-bond acceptors (Lipinski definition) is 3. The van der Waals surface area contributed by atoms with Crippen molar-refractivity contribution >= 4 is 27.5 Å². The largest absolute Gasteiger partial charge is 0.384 e. The topological polar surface area (TPSA) is 93.0 Å². The van der Waals surface area contributed by atoms with E-state index in [4.69, 9.17) is 11.1 Å². The first-order chi connectivity index (χ1) is 6.04. The van der Waals surface area contributed by atoms with Gasteiger partial charge in [-0.05, 0) is 22.0 Å². The van der Waals surface area contributed by atoms with Gasteiger partial charge in [0, 0.05) is 11.6 Å². The molecule has 0 amide bonds. The molecule has 0 saturated heterocycles. The minimum absolute atomic E-state index is 0.0901. The summed E-state index contributed by atoms with van der Waals surface area (Å²) in [5, 5.41) is 17.6. The Balaban J connectivity index is 3.35. The van der Waals surface area contributed by atoms with Crippen molar-refractivity contribution in [2.45, 2.75) is 0 Å². The number of amidine groups is 1. The van der Waals surface area contributed by atoms with Gasteiger partial charge in [0.1, 0.15) is 10.3 Å². The predicted molar refractivity (Wildman–Crippen MR) is 51.8 cm³/mol. The molecule has 3 N–H and O–H groups in total. The molecule has 1 aromatic rings. The maximum absolute atomic E-state index is 10.5. The molecule has 0 unspecified atom stereocenters. The molecule has 5 nitrogen and oxygen atoms in total. The summed E-state index contributed by atoms with van der Waals surface area (Å²) in [7, 11) is 0. The van der Waals surface area contributed by atoms with Gasteiger partial charge in [-0.15, -0.1) is 0 Å². The average molecular weight is 244 g/mol. The lowest BCUT2D eigenvalue weighted by Crippen LogP contribution is -2.12. The standard InChI is InChI=1S/C7H6BrN3O2/c8-6-4(7(9)10)2-1-3-5(6)11(12)13/h1-3H,(H3,9,10). The first-order valence-electron chi connectivity index (χ1n) is 3.31. The van der Waals surface area contributed by atoms with Crippen LogP contribution >= 0.6 is 15.9 Å². The van der Waals surface area contributed by atoms with E-state index < -0.39 is 4.92 Å². The van der Waals surface area contributed by atoms with Crippen molar-refractivity contribution in [3.8, 4) is 0 Å². The first-order valence-corrected chi connectivity index (χ1v) is 4.10. The number of nitro benzene ring substituents is 1. The van der Waals surface area contributed by atoms with Crippen molar-refractivity contribution in [3.05, 3.63) is 38.3 Å². The Morgan fingerprint density at radius 3 is 2.69 bits per heavy atom. The molecular formula is C7H6BrN3O2. The Hall–Kier alpha value is -1.43. The summed E-state index contributed by atoms with van der Waals surface area (Å²) < 4.78 is 0.243. The highest BCUT2D eigenvalue weighted by molar-refractivity contribution is 9.10. The highest BCUT2D eigenvalue weighted by Gasteiger charge is 2.15. The molecule has 1 aromatic carbocycles. The van der Waals surface area contributed by atoms with Crippen molar-refractivity contribution in [2.75, 3.05) is 0 Å². The van der Waals surface area contributed by atoms with Crippen molar-refractivity contribution < 1.29 is 4.92 Å². The third kappa shape index (κ3) is 1.83. The lowest BCUT2D eigenvalue weighted by atomic mass is 10.2. The van der Waals surface area contributed by atoms with Crippen LogP contribution in [0.2, 0.25) is 0 Å². The van der Waals surface area contributed by atoms with Gasteiger partial charge in [0.25, 0.3) is 5.69 Å². The van der Waals surface area contributed by atoms with Crippen LogP contribution in [-0.4, -0.2) is 10.8 Å². The molecule has 0 fully saturated rings. The van der Waals surface area contributed by atoms with Crippen LogP contribution in [0.5, 0.6) is 0 Å². The molecule has 0 heterocycles. The van der Waals surface area contributed by atoms with Gasteiger partial charge >= 0.3 is 0 Å². The molecule has 6 heteroatoms. The molecule has 13 heavy (non-hydrogen) atoms. The maximum Gasteiger partial charge on any atom is 0.284 e. The van der Waals surface area contributed by atoms with Crippen molar-refractivity contribution in [1.29, 1.82) is 5.41 Å². The Morgan fingerprint density at radius 1 is 1.62 bits per heavy atom. The fourth-order valence-electron chi connectivity index (χ4n) is 0.869. The van der Waals surface area contributed by atoms with Crippen LogP contribution in [0.4, 0.5) is 5.69 Å². The van der Waals surface area contributed by atoms with Crippen LogP contribution in [0.15, 0.2) is 22.7 Å². The third-order valence-electron chi connectivity index (χ3n) is 1.47. The average Bonchev–Trinajstić information content (AvgIpc) is 2.03. The second kappa shape index (κ2) is 3.53. The van der Waals surface area contributed by atoms with E-state index in [1.54, 1.807) is 6.07 Å². The lowest BCUT2D eigenvalue weighted by Gasteiger charge is -2.01. The summed E-state index contributed by atoms with van der Waals surface area (Å²) in [6.07, 6.45) is 0. The van der Waals surface area contributed by atoms with Crippen molar-refractivity contribution in [1.82, 2.24) is 0 Å². The van der Waals surface area contributed by atoms with Crippen LogP contribution in [-0.2, 0) is 0 Å². The van der Waals surface area contributed by atoms with Crippen molar-refractivity contribution in [3.63, 3.8) is 0 Å². The number of rotatable bonds is 2. The van der Waals surface area contributed by atoms with E-state index in [9.17, 15) is 10.1 Å². The Bertz CT molecular complexity index is 346. The first kappa shape index (κ1) is 9.66. The Kier molecular flexibility index (Phi) is 2.62. The Labute approximate surface area is 82.3 Å². The summed E-state index contributed by atoms with van der Waals surface area (Å²) in [5.41, 5.74) is 5.45. The molecule has 68 valence electrons. The molecule has 0 atom stereocenters. The minimum Gasteiger partial charge on any atom is -0.384 e. The summed E-state index contributed by atoms with van der Waals surface area (Å²) in [4.78, 5) is 9.93. The van der Waals surface area contributed by atoms with E-state index in [-0.39, 0.29) is 16.0 Å². The van der Waals surface area contributed by atoms with Gasteiger partial charge in [-0.1, -0.05) is 6.07 Å². The number of nitrogens with two attached hydrogens (primary N) is 1. The summed E-state index contributed by atoms with van der Waals surface area (Å²) >= 11 is 3.02. The number of nitrogens with one attached hydrogen (secondary N) is 1. The monoisotopic (exact) mass is 243 g/mol. The summed E-state index contributed by atoms with van der Waals surface area (Å²) in [6.45, 7) is 0. The number of nitro groups is 1. The summed E-state index contributed by atoms with van der Waals surface area (Å²) in [6, 6.07) is 4.37. The summed E-state index contributed by atoms with van der Waals surface area (Å²) in [5.74, 6) is -0.199. The van der Waals surface area contributed by atoms with E-state index in [1.165, 1.54) is 12.1 Å². The minimum atomic E-state index is -0.531. The van der Waals surface area contributed by atoms with Crippen molar-refractivity contribution in [2.24, 2.45) is 5.73 Å².